The molecule has 5 N–H and O–H groups in total. The van der Waals surface area contributed by atoms with Crippen LogP contribution in [0, 0.1) is 12.3 Å². The van der Waals surface area contributed by atoms with E-state index in [0.717, 1.165) is 27.7 Å². The first-order chi connectivity index (χ1) is 12.4. The number of halogens is 1. The SMILES string of the molecule is Cc1ccc(Cc2cc3cc(/C(C=N)=C/N)c(Cl)cc3[nH]2)cc1C(=O)O. The van der Waals surface area contributed by atoms with E-state index in [1.165, 1.54) is 12.4 Å². The molecule has 0 spiro atoms. The van der Waals surface area contributed by atoms with Gasteiger partial charge in [-0.2, -0.15) is 0 Å². The average Bonchev–Trinajstić information content (AvgIpc) is 2.98. The van der Waals surface area contributed by atoms with E-state index < -0.39 is 5.97 Å². The van der Waals surface area contributed by atoms with Crippen molar-refractivity contribution in [3.8, 4) is 0 Å². The predicted octanol–water partition coefficient (Wildman–Crippen LogP) is 4.37. The molecule has 132 valence electrons. The lowest BCUT2D eigenvalue weighted by atomic mass is 10.0. The lowest BCUT2D eigenvalue weighted by molar-refractivity contribution is 0.0696. The van der Waals surface area contributed by atoms with Crippen LogP contribution in [0.2, 0.25) is 5.02 Å². The summed E-state index contributed by atoms with van der Waals surface area (Å²) in [6, 6.07) is 11.1. The van der Waals surface area contributed by atoms with E-state index in [0.29, 0.717) is 28.1 Å². The number of carbonyl (C=O) groups is 1. The minimum absolute atomic E-state index is 0.313. The normalized spacial score (nSPS) is 11.7. The van der Waals surface area contributed by atoms with Crippen molar-refractivity contribution in [3.05, 3.63) is 75.6 Å². The Morgan fingerprint density at radius 1 is 1.27 bits per heavy atom. The summed E-state index contributed by atoms with van der Waals surface area (Å²) in [6.07, 6.45) is 3.10. The standard InChI is InChI=1S/C20H18ClN3O2/c1-11-2-3-12(5-16(11)20(25)26)4-15-6-13-7-17(14(9-22)10-23)18(21)8-19(13)24-15/h2-3,5-10,22,24H,4,23H2,1H3,(H,25,26)/b14-10+,22-9?. The number of hydrogen-bond donors (Lipinski definition) is 4. The summed E-state index contributed by atoms with van der Waals surface area (Å²) >= 11 is 6.31. The lowest BCUT2D eigenvalue weighted by Gasteiger charge is -2.04. The van der Waals surface area contributed by atoms with Crippen molar-refractivity contribution in [3.63, 3.8) is 0 Å². The van der Waals surface area contributed by atoms with Crippen LogP contribution in [0.4, 0.5) is 0 Å². The highest BCUT2D eigenvalue weighted by atomic mass is 35.5. The molecule has 0 fully saturated rings. The largest absolute Gasteiger partial charge is 0.478 e. The van der Waals surface area contributed by atoms with Gasteiger partial charge in [0.25, 0.3) is 0 Å². The molecule has 1 aromatic heterocycles. The van der Waals surface area contributed by atoms with E-state index in [9.17, 15) is 9.90 Å². The van der Waals surface area contributed by atoms with Gasteiger partial charge in [0.2, 0.25) is 0 Å². The number of H-pyrrole nitrogens is 1. The number of allylic oxidation sites excluding steroid dienone is 1. The van der Waals surface area contributed by atoms with Crippen LogP contribution in [-0.2, 0) is 6.42 Å². The highest BCUT2D eigenvalue weighted by Crippen LogP contribution is 2.29. The minimum Gasteiger partial charge on any atom is -0.478 e. The molecule has 0 atom stereocenters. The quantitative estimate of drug-likeness (QED) is 0.503. The van der Waals surface area contributed by atoms with Crippen LogP contribution >= 0.6 is 11.6 Å². The molecule has 0 aliphatic heterocycles. The zero-order valence-corrected chi connectivity index (χ0v) is 14.9. The molecule has 0 aliphatic rings. The number of carboxylic acid groups (broad SMARTS) is 1. The van der Waals surface area contributed by atoms with Crippen molar-refractivity contribution >= 4 is 40.3 Å². The van der Waals surface area contributed by atoms with Crippen molar-refractivity contribution in [1.29, 1.82) is 5.41 Å². The highest BCUT2D eigenvalue weighted by Gasteiger charge is 2.11. The number of hydrogen-bond acceptors (Lipinski definition) is 3. The van der Waals surface area contributed by atoms with Crippen molar-refractivity contribution in [2.45, 2.75) is 13.3 Å². The summed E-state index contributed by atoms with van der Waals surface area (Å²) in [5, 5.41) is 18.2. The van der Waals surface area contributed by atoms with Gasteiger partial charge in [0, 0.05) is 46.6 Å². The summed E-state index contributed by atoms with van der Waals surface area (Å²) in [5.74, 6) is -0.926. The first-order valence-electron chi connectivity index (χ1n) is 7.99. The smallest absolute Gasteiger partial charge is 0.335 e. The number of aromatic amines is 1. The fourth-order valence-electron chi connectivity index (χ4n) is 2.98. The second-order valence-corrected chi connectivity index (χ2v) is 6.52. The molecule has 1 heterocycles. The second-order valence-electron chi connectivity index (χ2n) is 6.11. The number of benzene rings is 2. The maximum absolute atomic E-state index is 11.3. The molecule has 0 unspecified atom stereocenters. The lowest BCUT2D eigenvalue weighted by Crippen LogP contribution is -2.01. The molecule has 0 radical (unpaired) electrons. The van der Waals surface area contributed by atoms with Gasteiger partial charge < -0.3 is 21.2 Å². The van der Waals surface area contributed by atoms with E-state index in [-0.39, 0.29) is 0 Å². The van der Waals surface area contributed by atoms with Crippen LogP contribution in [0.25, 0.3) is 16.5 Å². The Hall–Kier alpha value is -3.05. The van der Waals surface area contributed by atoms with Crippen molar-refractivity contribution < 1.29 is 9.90 Å². The number of aromatic nitrogens is 1. The van der Waals surface area contributed by atoms with Crippen LogP contribution in [0.3, 0.4) is 0 Å². The van der Waals surface area contributed by atoms with Gasteiger partial charge in [-0.25, -0.2) is 4.79 Å². The van der Waals surface area contributed by atoms with E-state index >= 15 is 0 Å². The number of carboxylic acids is 1. The first kappa shape index (κ1) is 17.8. The zero-order chi connectivity index (χ0) is 18.8. The number of nitrogens with one attached hydrogen (secondary N) is 2. The Bertz CT molecular complexity index is 1050. The Balaban J connectivity index is 1.99. The summed E-state index contributed by atoms with van der Waals surface area (Å²) in [6.45, 7) is 1.78. The zero-order valence-electron chi connectivity index (χ0n) is 14.1. The van der Waals surface area contributed by atoms with Crippen molar-refractivity contribution in [2.75, 3.05) is 0 Å². The Labute approximate surface area is 155 Å². The number of fused-ring (bicyclic) bond motifs is 1. The fourth-order valence-corrected chi connectivity index (χ4v) is 3.25. The van der Waals surface area contributed by atoms with Gasteiger partial charge in [0.1, 0.15) is 0 Å². The minimum atomic E-state index is -0.926. The summed E-state index contributed by atoms with van der Waals surface area (Å²) in [4.78, 5) is 14.6. The van der Waals surface area contributed by atoms with Gasteiger partial charge in [-0.3, -0.25) is 0 Å². The third-order valence-electron chi connectivity index (χ3n) is 4.34. The third-order valence-corrected chi connectivity index (χ3v) is 4.65. The molecule has 3 aromatic rings. The molecule has 0 bridgehead atoms. The van der Waals surface area contributed by atoms with Crippen molar-refractivity contribution in [1.82, 2.24) is 4.98 Å². The molecule has 0 saturated heterocycles. The average molecular weight is 368 g/mol. The number of aromatic carboxylic acids is 1. The van der Waals surface area contributed by atoms with Gasteiger partial charge in [0.05, 0.1) is 10.6 Å². The second kappa shape index (κ2) is 7.06. The predicted molar refractivity (Wildman–Crippen MR) is 105 cm³/mol. The van der Waals surface area contributed by atoms with Gasteiger partial charge in [-0.05, 0) is 42.3 Å². The van der Waals surface area contributed by atoms with Gasteiger partial charge in [-0.1, -0.05) is 23.7 Å². The number of rotatable bonds is 5. The van der Waals surface area contributed by atoms with Gasteiger partial charge in [-0.15, -0.1) is 0 Å². The van der Waals surface area contributed by atoms with Crippen LogP contribution < -0.4 is 5.73 Å². The van der Waals surface area contributed by atoms with E-state index in [2.05, 4.69) is 4.98 Å². The fraction of sp³-hybridized carbons (Fsp3) is 0.100. The van der Waals surface area contributed by atoms with Crippen molar-refractivity contribution in [2.24, 2.45) is 5.73 Å². The van der Waals surface area contributed by atoms with E-state index in [4.69, 9.17) is 22.7 Å². The number of aryl methyl sites for hydroxylation is 1. The Morgan fingerprint density at radius 3 is 2.69 bits per heavy atom. The molecule has 6 heteroatoms. The molecule has 3 rings (SSSR count). The maximum Gasteiger partial charge on any atom is 0.335 e. The first-order valence-corrected chi connectivity index (χ1v) is 8.37. The highest BCUT2D eigenvalue weighted by molar-refractivity contribution is 6.34. The molecule has 5 nitrogen and oxygen atoms in total. The molecule has 0 aliphatic carbocycles. The van der Waals surface area contributed by atoms with Gasteiger partial charge in [0.15, 0.2) is 0 Å². The number of nitrogens with two attached hydrogens (primary N) is 1. The molecular formula is C20H18ClN3O2. The Kier molecular flexibility index (Phi) is 4.82. The van der Waals surface area contributed by atoms with Crippen LogP contribution in [0.5, 0.6) is 0 Å². The summed E-state index contributed by atoms with van der Waals surface area (Å²) in [7, 11) is 0. The molecule has 2 aromatic carbocycles. The molecule has 0 saturated carbocycles. The van der Waals surface area contributed by atoms with E-state index in [1.54, 1.807) is 19.1 Å². The molecule has 0 amide bonds. The topological polar surface area (TPSA) is 103 Å². The van der Waals surface area contributed by atoms with Crippen LogP contribution in [0.15, 0.2) is 42.6 Å². The maximum atomic E-state index is 11.3. The Morgan fingerprint density at radius 2 is 2.04 bits per heavy atom. The van der Waals surface area contributed by atoms with E-state index in [1.807, 2.05) is 24.3 Å². The van der Waals surface area contributed by atoms with Crippen LogP contribution in [0.1, 0.15) is 32.7 Å². The third kappa shape index (κ3) is 3.34. The van der Waals surface area contributed by atoms with Gasteiger partial charge >= 0.3 is 5.97 Å². The summed E-state index contributed by atoms with van der Waals surface area (Å²) in [5.41, 5.74) is 10.6. The molecule has 26 heavy (non-hydrogen) atoms. The van der Waals surface area contributed by atoms with Crippen LogP contribution in [-0.4, -0.2) is 22.3 Å². The summed E-state index contributed by atoms with van der Waals surface area (Å²) < 4.78 is 0. The monoisotopic (exact) mass is 367 g/mol. The molecular weight excluding hydrogens is 350 g/mol.